The van der Waals surface area contributed by atoms with Crippen LogP contribution in [0.25, 0.3) is 0 Å². The van der Waals surface area contributed by atoms with Crippen LogP contribution in [0, 0.1) is 4.77 Å². The Hall–Kier alpha value is -0.900. The van der Waals surface area contributed by atoms with Gasteiger partial charge in [-0.25, -0.2) is 0 Å². The molecule has 1 N–H and O–H groups in total. The summed E-state index contributed by atoms with van der Waals surface area (Å²) in [6, 6.07) is 1.53. The third-order valence-electron chi connectivity index (χ3n) is 2.82. The first kappa shape index (κ1) is 8.69. The van der Waals surface area contributed by atoms with Gasteiger partial charge in [0.15, 0.2) is 4.77 Å². The number of nitrogens with one attached hydrogen (secondary N) is 1. The first-order valence-corrected chi connectivity index (χ1v) is 4.91. The summed E-state index contributed by atoms with van der Waals surface area (Å²) in [6.07, 6.45) is 5.22. The van der Waals surface area contributed by atoms with E-state index < -0.39 is 0 Å². The second-order valence-corrected chi connectivity index (χ2v) is 3.94. The van der Waals surface area contributed by atoms with Gasteiger partial charge in [-0.3, -0.25) is 9.78 Å². The number of hydrogen-bond acceptors (Lipinski definition) is 2. The third-order valence-corrected chi connectivity index (χ3v) is 3.12. The molecule has 0 amide bonds. The molecular formula is C9H12N2OS. The molecule has 13 heavy (non-hydrogen) atoms. The fourth-order valence-electron chi connectivity index (χ4n) is 1.70. The monoisotopic (exact) mass is 196 g/mol. The van der Waals surface area contributed by atoms with E-state index in [-0.39, 0.29) is 11.1 Å². The van der Waals surface area contributed by atoms with Crippen LogP contribution < -0.4 is 5.56 Å². The van der Waals surface area contributed by atoms with Crippen LogP contribution in [0.2, 0.25) is 0 Å². The molecule has 1 aliphatic carbocycles. The Bertz CT molecular complexity index is 428. The van der Waals surface area contributed by atoms with Gasteiger partial charge in [0.1, 0.15) is 0 Å². The van der Waals surface area contributed by atoms with Crippen LogP contribution in [0.3, 0.4) is 0 Å². The van der Waals surface area contributed by atoms with Crippen molar-refractivity contribution in [1.82, 2.24) is 9.55 Å². The highest BCUT2D eigenvalue weighted by atomic mass is 32.1. The van der Waals surface area contributed by atoms with E-state index in [2.05, 4.69) is 11.9 Å². The van der Waals surface area contributed by atoms with Gasteiger partial charge in [0.25, 0.3) is 5.56 Å². The number of nitrogens with zero attached hydrogens (tertiary/aromatic N) is 1. The van der Waals surface area contributed by atoms with Gasteiger partial charge in [0.2, 0.25) is 0 Å². The lowest BCUT2D eigenvalue weighted by atomic mass is 10.2. The van der Waals surface area contributed by atoms with E-state index in [4.69, 9.17) is 12.2 Å². The summed E-state index contributed by atoms with van der Waals surface area (Å²) in [7, 11) is 0. The zero-order valence-electron chi connectivity index (χ0n) is 7.54. The standard InChI is InChI=1S/C9H12N2OS/c1-2-9(4-5-9)11-6-3-7(12)10-8(11)13/h3,6H,2,4-5H2,1H3,(H,10,12,13). The second kappa shape index (κ2) is 2.80. The van der Waals surface area contributed by atoms with Crippen LogP contribution in [0.15, 0.2) is 17.1 Å². The summed E-state index contributed by atoms with van der Waals surface area (Å²) in [5, 5.41) is 0. The number of aromatic nitrogens is 2. The highest BCUT2D eigenvalue weighted by molar-refractivity contribution is 7.71. The molecule has 1 aromatic rings. The van der Waals surface area contributed by atoms with Gasteiger partial charge in [0.05, 0.1) is 0 Å². The van der Waals surface area contributed by atoms with Crippen molar-refractivity contribution in [2.75, 3.05) is 0 Å². The summed E-state index contributed by atoms with van der Waals surface area (Å²) >= 11 is 5.10. The molecule has 2 rings (SSSR count). The summed E-state index contributed by atoms with van der Waals surface area (Å²) in [5.41, 5.74) is 0.0922. The van der Waals surface area contributed by atoms with E-state index in [1.165, 1.54) is 18.9 Å². The number of aromatic amines is 1. The molecule has 70 valence electrons. The fraction of sp³-hybridized carbons (Fsp3) is 0.556. The van der Waals surface area contributed by atoms with Crippen molar-refractivity contribution < 1.29 is 0 Å². The molecular weight excluding hydrogens is 184 g/mol. The predicted molar refractivity (Wildman–Crippen MR) is 53.4 cm³/mol. The van der Waals surface area contributed by atoms with E-state index in [1.807, 2.05) is 4.57 Å². The molecule has 0 spiro atoms. The molecule has 0 atom stereocenters. The predicted octanol–water partition coefficient (Wildman–Crippen LogP) is 1.80. The van der Waals surface area contributed by atoms with E-state index in [9.17, 15) is 4.79 Å². The van der Waals surface area contributed by atoms with Gasteiger partial charge >= 0.3 is 0 Å². The lowest BCUT2D eigenvalue weighted by Crippen LogP contribution is -2.20. The van der Waals surface area contributed by atoms with Crippen molar-refractivity contribution in [3.8, 4) is 0 Å². The smallest absolute Gasteiger partial charge is 0.251 e. The first-order chi connectivity index (χ1) is 6.18. The average molecular weight is 196 g/mol. The Morgan fingerprint density at radius 3 is 2.85 bits per heavy atom. The van der Waals surface area contributed by atoms with Crippen molar-refractivity contribution in [2.45, 2.75) is 31.7 Å². The number of H-pyrrole nitrogens is 1. The van der Waals surface area contributed by atoms with Crippen molar-refractivity contribution in [2.24, 2.45) is 0 Å². The molecule has 0 saturated heterocycles. The molecule has 0 unspecified atom stereocenters. The Morgan fingerprint density at radius 1 is 1.69 bits per heavy atom. The average Bonchev–Trinajstić information content (AvgIpc) is 2.85. The van der Waals surface area contributed by atoms with Gasteiger partial charge in [-0.15, -0.1) is 0 Å². The summed E-state index contributed by atoms with van der Waals surface area (Å²) < 4.78 is 2.57. The molecule has 4 heteroatoms. The summed E-state index contributed by atoms with van der Waals surface area (Å²) in [6.45, 7) is 2.15. The van der Waals surface area contributed by atoms with Gasteiger partial charge in [-0.2, -0.15) is 0 Å². The lowest BCUT2D eigenvalue weighted by Gasteiger charge is -2.16. The topological polar surface area (TPSA) is 37.8 Å². The Labute approximate surface area is 81.4 Å². The fourth-order valence-corrected chi connectivity index (χ4v) is 2.05. The molecule has 0 aromatic carbocycles. The molecule has 0 bridgehead atoms. The largest absolute Gasteiger partial charge is 0.319 e. The van der Waals surface area contributed by atoms with Crippen molar-refractivity contribution >= 4 is 12.2 Å². The van der Waals surface area contributed by atoms with Crippen LogP contribution in [-0.2, 0) is 5.54 Å². The SMILES string of the molecule is CCC1(n2ccc(=O)[nH]c2=S)CC1. The second-order valence-electron chi connectivity index (χ2n) is 3.56. The Balaban J connectivity index is 2.53. The Morgan fingerprint density at radius 2 is 2.38 bits per heavy atom. The van der Waals surface area contributed by atoms with Crippen molar-refractivity contribution in [3.05, 3.63) is 27.4 Å². The quantitative estimate of drug-likeness (QED) is 0.732. The van der Waals surface area contributed by atoms with Crippen LogP contribution in [0.1, 0.15) is 26.2 Å². The minimum Gasteiger partial charge on any atom is -0.319 e. The van der Waals surface area contributed by atoms with Gasteiger partial charge in [-0.05, 0) is 31.5 Å². The van der Waals surface area contributed by atoms with Crippen LogP contribution in [0.5, 0.6) is 0 Å². The van der Waals surface area contributed by atoms with E-state index in [0.717, 1.165) is 6.42 Å². The summed E-state index contributed by atoms with van der Waals surface area (Å²) in [4.78, 5) is 13.6. The third kappa shape index (κ3) is 1.35. The highest BCUT2D eigenvalue weighted by Crippen LogP contribution is 2.46. The maximum Gasteiger partial charge on any atom is 0.251 e. The molecule has 1 heterocycles. The van der Waals surface area contributed by atoms with E-state index in [1.54, 1.807) is 6.20 Å². The van der Waals surface area contributed by atoms with E-state index in [0.29, 0.717) is 4.77 Å². The van der Waals surface area contributed by atoms with Gasteiger partial charge < -0.3 is 4.57 Å². The first-order valence-electron chi connectivity index (χ1n) is 4.50. The van der Waals surface area contributed by atoms with Gasteiger partial charge in [-0.1, -0.05) is 6.92 Å². The lowest BCUT2D eigenvalue weighted by molar-refractivity contribution is 0.449. The van der Waals surface area contributed by atoms with Crippen molar-refractivity contribution in [1.29, 1.82) is 0 Å². The van der Waals surface area contributed by atoms with Crippen LogP contribution >= 0.6 is 12.2 Å². The van der Waals surface area contributed by atoms with Gasteiger partial charge in [0, 0.05) is 17.8 Å². The van der Waals surface area contributed by atoms with Crippen LogP contribution in [-0.4, -0.2) is 9.55 Å². The molecule has 0 aliphatic heterocycles. The summed E-state index contributed by atoms with van der Waals surface area (Å²) in [5.74, 6) is 0. The maximum absolute atomic E-state index is 10.9. The molecule has 0 radical (unpaired) electrons. The normalized spacial score (nSPS) is 18.5. The van der Waals surface area contributed by atoms with Crippen LogP contribution in [0.4, 0.5) is 0 Å². The zero-order valence-corrected chi connectivity index (χ0v) is 8.36. The molecule has 1 saturated carbocycles. The highest BCUT2D eigenvalue weighted by Gasteiger charge is 2.42. The number of rotatable bonds is 2. The van der Waals surface area contributed by atoms with E-state index >= 15 is 0 Å². The molecule has 1 aromatic heterocycles. The maximum atomic E-state index is 10.9. The zero-order chi connectivity index (χ0) is 9.47. The molecule has 1 aliphatic rings. The molecule has 3 nitrogen and oxygen atoms in total. The minimum atomic E-state index is -0.117. The molecule has 1 fully saturated rings. The minimum absolute atomic E-state index is 0.117. The van der Waals surface area contributed by atoms with Crippen molar-refractivity contribution in [3.63, 3.8) is 0 Å². The Kier molecular flexibility index (Phi) is 1.87. The number of hydrogen-bond donors (Lipinski definition) is 1.